The number of nitrogens with two attached hydrogens (primary N) is 1. The molecule has 7 heteroatoms. The minimum absolute atomic E-state index is 0.240. The molecule has 7 nitrogen and oxygen atoms in total. The lowest BCUT2D eigenvalue weighted by Crippen LogP contribution is -2.34. The van der Waals surface area contributed by atoms with Crippen LogP contribution in [0, 0.1) is 0 Å². The van der Waals surface area contributed by atoms with Gasteiger partial charge < -0.3 is 16.2 Å². The van der Waals surface area contributed by atoms with Crippen molar-refractivity contribution in [2.75, 3.05) is 5.32 Å². The summed E-state index contributed by atoms with van der Waals surface area (Å²) in [6.07, 6.45) is 3.35. The first-order chi connectivity index (χ1) is 7.52. The van der Waals surface area contributed by atoms with Gasteiger partial charge in [-0.15, -0.1) is 0 Å². The fourth-order valence-electron chi connectivity index (χ4n) is 1.07. The number of carboxylic acids is 1. The van der Waals surface area contributed by atoms with Crippen LogP contribution in [0.2, 0.25) is 0 Å². The van der Waals surface area contributed by atoms with Gasteiger partial charge in [0.25, 0.3) is 0 Å². The Balaban J connectivity index is 2.58. The summed E-state index contributed by atoms with van der Waals surface area (Å²) in [7, 11) is 0. The summed E-state index contributed by atoms with van der Waals surface area (Å²) in [5.74, 6) is -1.30. The Morgan fingerprint density at radius 1 is 1.69 bits per heavy atom. The fourth-order valence-corrected chi connectivity index (χ4v) is 1.07. The first kappa shape index (κ1) is 12.2. The van der Waals surface area contributed by atoms with Gasteiger partial charge in [0.15, 0.2) is 0 Å². The number of rotatable bonds is 5. The quantitative estimate of drug-likeness (QED) is 0.635. The Morgan fingerprint density at radius 3 is 2.94 bits per heavy atom. The van der Waals surface area contributed by atoms with E-state index in [4.69, 9.17) is 10.8 Å². The van der Waals surface area contributed by atoms with Crippen LogP contribution in [0.3, 0.4) is 0 Å². The Kier molecular flexibility index (Phi) is 4.01. The molecular formula is C9H14N4O3. The van der Waals surface area contributed by atoms with E-state index in [0.717, 1.165) is 0 Å². The minimum atomic E-state index is -0.994. The third kappa shape index (κ3) is 3.35. The number of carbonyl (C=O) groups is 2. The van der Waals surface area contributed by atoms with Crippen LogP contribution in [-0.4, -0.2) is 32.8 Å². The SMILES string of the molecule is CC[C@@H](N)C(=O)Nc1cnn(CC(=O)O)c1. The van der Waals surface area contributed by atoms with E-state index in [-0.39, 0.29) is 12.5 Å². The second kappa shape index (κ2) is 5.26. The molecule has 0 aliphatic rings. The average Bonchev–Trinajstić information content (AvgIpc) is 2.63. The van der Waals surface area contributed by atoms with Gasteiger partial charge in [-0.2, -0.15) is 5.10 Å². The number of amides is 1. The van der Waals surface area contributed by atoms with Gasteiger partial charge in [-0.05, 0) is 6.42 Å². The average molecular weight is 226 g/mol. The van der Waals surface area contributed by atoms with Crippen molar-refractivity contribution in [3.8, 4) is 0 Å². The molecule has 0 radical (unpaired) electrons. The number of nitrogens with zero attached hydrogens (tertiary/aromatic N) is 2. The Morgan fingerprint density at radius 2 is 2.38 bits per heavy atom. The standard InChI is InChI=1S/C9H14N4O3/c1-2-7(10)9(16)12-6-3-11-13(4-6)5-8(14)15/h3-4,7H,2,5,10H2,1H3,(H,12,16)(H,14,15)/t7-/m1/s1. The second-order valence-electron chi connectivity index (χ2n) is 3.32. The zero-order valence-corrected chi connectivity index (χ0v) is 8.88. The van der Waals surface area contributed by atoms with Crippen LogP contribution >= 0.6 is 0 Å². The van der Waals surface area contributed by atoms with Crippen LogP contribution in [-0.2, 0) is 16.1 Å². The van der Waals surface area contributed by atoms with Crippen molar-refractivity contribution in [1.82, 2.24) is 9.78 Å². The van der Waals surface area contributed by atoms with Crippen molar-refractivity contribution in [2.45, 2.75) is 25.9 Å². The number of aliphatic carboxylic acids is 1. The largest absolute Gasteiger partial charge is 0.480 e. The van der Waals surface area contributed by atoms with Gasteiger partial charge in [0.05, 0.1) is 17.9 Å². The molecule has 0 bridgehead atoms. The molecule has 1 aromatic heterocycles. The molecule has 0 aliphatic carbocycles. The predicted molar refractivity (Wildman–Crippen MR) is 56.8 cm³/mol. The molecule has 0 aliphatic heterocycles. The van der Waals surface area contributed by atoms with Crippen molar-refractivity contribution in [2.24, 2.45) is 5.73 Å². The van der Waals surface area contributed by atoms with Gasteiger partial charge in [0.1, 0.15) is 6.54 Å². The maximum absolute atomic E-state index is 11.4. The first-order valence-electron chi connectivity index (χ1n) is 4.83. The van der Waals surface area contributed by atoms with E-state index in [9.17, 15) is 9.59 Å². The monoisotopic (exact) mass is 226 g/mol. The number of hydrogen-bond donors (Lipinski definition) is 3. The molecule has 1 heterocycles. The summed E-state index contributed by atoms with van der Waals surface area (Å²) in [6, 6.07) is -0.567. The van der Waals surface area contributed by atoms with E-state index in [0.29, 0.717) is 12.1 Å². The zero-order chi connectivity index (χ0) is 12.1. The lowest BCUT2D eigenvalue weighted by Gasteiger charge is -2.07. The molecule has 0 unspecified atom stereocenters. The van der Waals surface area contributed by atoms with Crippen LogP contribution in [0.1, 0.15) is 13.3 Å². The molecule has 1 aromatic rings. The topological polar surface area (TPSA) is 110 Å². The number of carboxylic acid groups (broad SMARTS) is 1. The summed E-state index contributed by atoms with van der Waals surface area (Å²) in [6.45, 7) is 1.56. The molecule has 1 rings (SSSR count). The van der Waals surface area contributed by atoms with Crippen molar-refractivity contribution in [3.05, 3.63) is 12.4 Å². The molecule has 0 spiro atoms. The van der Waals surface area contributed by atoms with Gasteiger partial charge >= 0.3 is 5.97 Å². The minimum Gasteiger partial charge on any atom is -0.480 e. The lowest BCUT2D eigenvalue weighted by atomic mass is 10.2. The van der Waals surface area contributed by atoms with Crippen LogP contribution in [0.4, 0.5) is 5.69 Å². The smallest absolute Gasteiger partial charge is 0.325 e. The van der Waals surface area contributed by atoms with Crippen LogP contribution in [0.5, 0.6) is 0 Å². The molecule has 4 N–H and O–H groups in total. The lowest BCUT2D eigenvalue weighted by molar-refractivity contribution is -0.137. The van der Waals surface area contributed by atoms with Crippen molar-refractivity contribution >= 4 is 17.6 Å². The summed E-state index contributed by atoms with van der Waals surface area (Å²) >= 11 is 0. The van der Waals surface area contributed by atoms with E-state index in [1.54, 1.807) is 6.92 Å². The molecule has 0 saturated carbocycles. The Labute approximate surface area is 92.2 Å². The molecule has 0 saturated heterocycles. The van der Waals surface area contributed by atoms with Gasteiger partial charge in [0, 0.05) is 6.20 Å². The van der Waals surface area contributed by atoms with Gasteiger partial charge in [-0.3, -0.25) is 14.3 Å². The van der Waals surface area contributed by atoms with Crippen LogP contribution < -0.4 is 11.1 Å². The normalized spacial score (nSPS) is 12.1. The van der Waals surface area contributed by atoms with Gasteiger partial charge in [-0.25, -0.2) is 0 Å². The van der Waals surface area contributed by atoms with E-state index < -0.39 is 12.0 Å². The number of anilines is 1. The maximum Gasteiger partial charge on any atom is 0.325 e. The third-order valence-corrected chi connectivity index (χ3v) is 1.97. The van der Waals surface area contributed by atoms with Gasteiger partial charge in [-0.1, -0.05) is 6.92 Å². The maximum atomic E-state index is 11.4. The molecule has 1 atom stereocenters. The number of carbonyl (C=O) groups excluding carboxylic acids is 1. The summed E-state index contributed by atoms with van der Waals surface area (Å²) in [5.41, 5.74) is 5.96. The molecule has 1 amide bonds. The van der Waals surface area contributed by atoms with Crippen molar-refractivity contribution in [1.29, 1.82) is 0 Å². The van der Waals surface area contributed by atoms with Crippen LogP contribution in [0.15, 0.2) is 12.4 Å². The summed E-state index contributed by atoms with van der Waals surface area (Å²) in [4.78, 5) is 21.8. The highest BCUT2D eigenvalue weighted by Gasteiger charge is 2.12. The van der Waals surface area contributed by atoms with Crippen LogP contribution in [0.25, 0.3) is 0 Å². The highest BCUT2D eigenvalue weighted by atomic mass is 16.4. The molecule has 88 valence electrons. The third-order valence-electron chi connectivity index (χ3n) is 1.97. The van der Waals surface area contributed by atoms with E-state index >= 15 is 0 Å². The van der Waals surface area contributed by atoms with Crippen molar-refractivity contribution < 1.29 is 14.7 Å². The second-order valence-corrected chi connectivity index (χ2v) is 3.32. The highest BCUT2D eigenvalue weighted by molar-refractivity contribution is 5.94. The predicted octanol–water partition coefficient (Wildman–Crippen LogP) is -0.357. The first-order valence-corrected chi connectivity index (χ1v) is 4.83. The molecule has 0 aromatic carbocycles. The molecular weight excluding hydrogens is 212 g/mol. The van der Waals surface area contributed by atoms with E-state index in [2.05, 4.69) is 10.4 Å². The van der Waals surface area contributed by atoms with E-state index in [1.165, 1.54) is 17.1 Å². The summed E-state index contributed by atoms with van der Waals surface area (Å²) in [5, 5.41) is 14.8. The number of nitrogens with one attached hydrogen (secondary N) is 1. The zero-order valence-electron chi connectivity index (χ0n) is 8.88. The number of aromatic nitrogens is 2. The summed E-state index contributed by atoms with van der Waals surface area (Å²) < 4.78 is 1.22. The molecule has 16 heavy (non-hydrogen) atoms. The molecule has 0 fully saturated rings. The highest BCUT2D eigenvalue weighted by Crippen LogP contribution is 2.05. The Bertz CT molecular complexity index is 388. The Hall–Kier alpha value is -1.89. The van der Waals surface area contributed by atoms with Crippen molar-refractivity contribution in [3.63, 3.8) is 0 Å². The fraction of sp³-hybridized carbons (Fsp3) is 0.444. The number of hydrogen-bond acceptors (Lipinski definition) is 4. The van der Waals surface area contributed by atoms with Gasteiger partial charge in [0.2, 0.25) is 5.91 Å². The van der Waals surface area contributed by atoms with E-state index in [1.807, 2.05) is 0 Å².